The van der Waals surface area contributed by atoms with Crippen LogP contribution in [0.25, 0.3) is 0 Å². The lowest BCUT2D eigenvalue weighted by molar-refractivity contribution is -0.140. The molecule has 0 saturated carbocycles. The van der Waals surface area contributed by atoms with Crippen LogP contribution < -0.4 is 4.74 Å². The van der Waals surface area contributed by atoms with Gasteiger partial charge < -0.3 is 14.2 Å². The van der Waals surface area contributed by atoms with Gasteiger partial charge in [0, 0.05) is 25.5 Å². The molecule has 30 heavy (non-hydrogen) atoms. The summed E-state index contributed by atoms with van der Waals surface area (Å²) < 4.78 is 28.2. The van der Waals surface area contributed by atoms with E-state index < -0.39 is 5.97 Å². The Morgan fingerprint density at radius 1 is 1.07 bits per heavy atom. The van der Waals surface area contributed by atoms with Crippen molar-refractivity contribution < 1.29 is 28.2 Å². The molecular formula is C23H24ClFO5. The van der Waals surface area contributed by atoms with E-state index in [-0.39, 0.29) is 36.7 Å². The van der Waals surface area contributed by atoms with E-state index in [1.165, 1.54) is 13.2 Å². The third-order valence-electron chi connectivity index (χ3n) is 4.36. The molecule has 0 aliphatic carbocycles. The molecule has 0 heterocycles. The van der Waals surface area contributed by atoms with Gasteiger partial charge in [0.25, 0.3) is 0 Å². The van der Waals surface area contributed by atoms with E-state index in [4.69, 9.17) is 21.1 Å². The van der Waals surface area contributed by atoms with Gasteiger partial charge in [-0.15, -0.1) is 0 Å². The summed E-state index contributed by atoms with van der Waals surface area (Å²) >= 11 is 6.27. The van der Waals surface area contributed by atoms with Crippen LogP contribution in [0.1, 0.15) is 34.3 Å². The molecule has 2 rings (SSSR count). The summed E-state index contributed by atoms with van der Waals surface area (Å²) in [5.41, 5.74) is 2.55. The molecule has 0 amide bonds. The molecule has 160 valence electrons. The van der Waals surface area contributed by atoms with Crippen LogP contribution in [0, 0.1) is 0 Å². The topological polar surface area (TPSA) is 61.8 Å². The summed E-state index contributed by atoms with van der Waals surface area (Å²) in [6.45, 7) is 0.438. The highest BCUT2D eigenvalue weighted by atomic mass is 35.5. The van der Waals surface area contributed by atoms with E-state index >= 15 is 0 Å². The Kier molecular flexibility index (Phi) is 9.51. The number of Topliss-reactive ketones (excluding diaryl/α,β-unsaturated/α-hetero) is 1. The van der Waals surface area contributed by atoms with Crippen LogP contribution in [0.5, 0.6) is 5.75 Å². The Bertz CT molecular complexity index is 910. The number of ether oxygens (including phenoxy) is 3. The van der Waals surface area contributed by atoms with Crippen LogP contribution in [0.15, 0.2) is 54.4 Å². The van der Waals surface area contributed by atoms with Crippen molar-refractivity contribution >= 4 is 23.4 Å². The Balaban J connectivity index is 1.98. The summed E-state index contributed by atoms with van der Waals surface area (Å²) in [5, 5.41) is 0.255. The van der Waals surface area contributed by atoms with Crippen molar-refractivity contribution in [3.8, 4) is 5.75 Å². The number of esters is 1. The summed E-state index contributed by atoms with van der Waals surface area (Å²) in [6, 6.07) is 12.3. The maximum atomic E-state index is 13.0. The molecular weight excluding hydrogens is 411 g/mol. The van der Waals surface area contributed by atoms with Gasteiger partial charge in [0.2, 0.25) is 0 Å². The van der Waals surface area contributed by atoms with E-state index in [0.29, 0.717) is 29.8 Å². The highest BCUT2D eigenvalue weighted by molar-refractivity contribution is 6.34. The predicted molar refractivity (Wildman–Crippen MR) is 113 cm³/mol. The maximum Gasteiger partial charge on any atom is 0.305 e. The van der Waals surface area contributed by atoms with E-state index in [0.717, 1.165) is 11.1 Å². The Morgan fingerprint density at radius 2 is 1.83 bits per heavy atom. The number of methoxy groups -OCH3 is 2. The van der Waals surface area contributed by atoms with Gasteiger partial charge in [0.15, 0.2) is 5.78 Å². The zero-order chi connectivity index (χ0) is 21.9. The SMILES string of the molecule is COCc1cccc(CC(=O)c2ccc(OCC(=CF)CCC(=O)OC)cc2Cl)c1. The van der Waals surface area contributed by atoms with Crippen LogP contribution >= 0.6 is 11.6 Å². The van der Waals surface area contributed by atoms with Gasteiger partial charge >= 0.3 is 5.97 Å². The fourth-order valence-corrected chi connectivity index (χ4v) is 3.06. The van der Waals surface area contributed by atoms with Gasteiger partial charge in [-0.25, -0.2) is 4.39 Å². The van der Waals surface area contributed by atoms with Crippen molar-refractivity contribution in [2.45, 2.75) is 25.9 Å². The summed E-state index contributed by atoms with van der Waals surface area (Å²) in [5.74, 6) is -0.146. The Labute approximate surface area is 180 Å². The van der Waals surface area contributed by atoms with E-state index in [9.17, 15) is 14.0 Å². The average Bonchev–Trinajstić information content (AvgIpc) is 2.74. The largest absolute Gasteiger partial charge is 0.489 e. The minimum atomic E-state index is -0.423. The first kappa shape index (κ1) is 23.6. The number of halogens is 2. The molecule has 0 spiro atoms. The third-order valence-corrected chi connectivity index (χ3v) is 4.68. The van der Waals surface area contributed by atoms with E-state index in [1.54, 1.807) is 19.2 Å². The molecule has 0 atom stereocenters. The molecule has 0 aromatic heterocycles. The standard InChI is InChI=1S/C23H24ClFO5/c1-28-14-17-5-3-4-16(10-17)11-22(26)20-8-7-19(12-21(20)24)30-15-18(13-25)6-9-23(27)29-2/h3-5,7-8,10,12-13H,6,9,11,14-15H2,1-2H3. The van der Waals surface area contributed by atoms with Crippen molar-refractivity contribution in [1.82, 2.24) is 0 Å². The van der Waals surface area contributed by atoms with Crippen molar-refractivity contribution in [3.05, 3.63) is 76.1 Å². The van der Waals surface area contributed by atoms with Gasteiger partial charge in [-0.05, 0) is 41.3 Å². The lowest BCUT2D eigenvalue weighted by atomic mass is 10.0. The van der Waals surface area contributed by atoms with Gasteiger partial charge in [-0.2, -0.15) is 0 Å². The predicted octanol–water partition coefficient (Wildman–Crippen LogP) is 5.10. The van der Waals surface area contributed by atoms with Gasteiger partial charge in [0.05, 0.1) is 25.1 Å². The lowest BCUT2D eigenvalue weighted by Crippen LogP contribution is -2.07. The highest BCUT2D eigenvalue weighted by Crippen LogP contribution is 2.25. The number of carbonyl (C=O) groups excluding carboxylic acids is 2. The molecule has 0 unspecified atom stereocenters. The van der Waals surface area contributed by atoms with Crippen LogP contribution in [0.4, 0.5) is 4.39 Å². The molecule has 7 heteroatoms. The molecule has 0 bridgehead atoms. The summed E-state index contributed by atoms with van der Waals surface area (Å²) in [4.78, 5) is 23.8. The van der Waals surface area contributed by atoms with Gasteiger partial charge in [-0.3, -0.25) is 9.59 Å². The smallest absolute Gasteiger partial charge is 0.305 e. The van der Waals surface area contributed by atoms with Crippen molar-refractivity contribution in [1.29, 1.82) is 0 Å². The third kappa shape index (κ3) is 7.28. The van der Waals surface area contributed by atoms with Crippen molar-refractivity contribution in [3.63, 3.8) is 0 Å². The molecule has 2 aromatic rings. The quantitative estimate of drug-likeness (QED) is 0.364. The van der Waals surface area contributed by atoms with Crippen LogP contribution in [0.2, 0.25) is 5.02 Å². The van der Waals surface area contributed by atoms with E-state index in [1.807, 2.05) is 24.3 Å². The Morgan fingerprint density at radius 3 is 2.50 bits per heavy atom. The zero-order valence-corrected chi connectivity index (χ0v) is 17.7. The Hall–Kier alpha value is -2.70. The molecule has 0 N–H and O–H groups in total. The second-order valence-corrected chi connectivity index (χ2v) is 7.03. The lowest BCUT2D eigenvalue weighted by Gasteiger charge is -2.11. The first-order valence-electron chi connectivity index (χ1n) is 9.34. The first-order chi connectivity index (χ1) is 14.5. The number of benzene rings is 2. The van der Waals surface area contributed by atoms with Crippen LogP contribution in [0.3, 0.4) is 0 Å². The number of rotatable bonds is 11. The molecule has 0 aliphatic heterocycles. The average molecular weight is 435 g/mol. The zero-order valence-electron chi connectivity index (χ0n) is 17.0. The minimum Gasteiger partial charge on any atom is -0.489 e. The molecule has 5 nitrogen and oxygen atoms in total. The molecule has 0 radical (unpaired) electrons. The summed E-state index contributed by atoms with van der Waals surface area (Å²) in [6.07, 6.45) is 0.880. The monoisotopic (exact) mass is 434 g/mol. The second kappa shape index (κ2) is 12.1. The fraction of sp³-hybridized carbons (Fsp3) is 0.304. The number of ketones is 1. The van der Waals surface area contributed by atoms with E-state index in [2.05, 4.69) is 4.74 Å². The fourth-order valence-electron chi connectivity index (χ4n) is 2.79. The van der Waals surface area contributed by atoms with Gasteiger partial charge in [-0.1, -0.05) is 35.9 Å². The van der Waals surface area contributed by atoms with Crippen LogP contribution in [-0.2, 0) is 27.3 Å². The number of hydrogen-bond donors (Lipinski definition) is 0. The second-order valence-electron chi connectivity index (χ2n) is 6.63. The molecule has 0 fully saturated rings. The van der Waals surface area contributed by atoms with Crippen LogP contribution in [-0.4, -0.2) is 32.6 Å². The maximum absolute atomic E-state index is 13.0. The van der Waals surface area contributed by atoms with Crippen molar-refractivity contribution in [2.75, 3.05) is 20.8 Å². The number of hydrogen-bond acceptors (Lipinski definition) is 5. The molecule has 2 aromatic carbocycles. The molecule has 0 aliphatic rings. The minimum absolute atomic E-state index is 0.0383. The summed E-state index contributed by atoms with van der Waals surface area (Å²) in [7, 11) is 2.89. The first-order valence-corrected chi connectivity index (χ1v) is 9.71. The molecule has 0 saturated heterocycles. The van der Waals surface area contributed by atoms with Crippen molar-refractivity contribution in [2.24, 2.45) is 0 Å². The number of carbonyl (C=O) groups is 2. The normalized spacial score (nSPS) is 11.3. The highest BCUT2D eigenvalue weighted by Gasteiger charge is 2.13. The van der Waals surface area contributed by atoms with Gasteiger partial charge in [0.1, 0.15) is 12.4 Å².